The molecule has 0 aromatic carbocycles. The second-order valence-electron chi connectivity index (χ2n) is 10.3. The minimum atomic E-state index is -0.989. The highest BCUT2D eigenvalue weighted by Crippen LogP contribution is 2.37. The predicted molar refractivity (Wildman–Crippen MR) is 143 cm³/mol. The van der Waals surface area contributed by atoms with E-state index in [0.717, 1.165) is 75.0 Å². The topological polar surface area (TPSA) is 134 Å². The lowest BCUT2D eigenvalue weighted by Crippen LogP contribution is -2.40. The third-order valence-corrected chi connectivity index (χ3v) is 7.55. The van der Waals surface area contributed by atoms with E-state index in [1.807, 2.05) is 17.9 Å². The van der Waals surface area contributed by atoms with Gasteiger partial charge in [0.1, 0.15) is 0 Å². The molecular formula is C26H38ClN7O3. The quantitative estimate of drug-likeness (QED) is 0.279. The first kappa shape index (κ1) is 27.2. The Morgan fingerprint density at radius 3 is 2.51 bits per heavy atom. The van der Waals surface area contributed by atoms with Gasteiger partial charge in [-0.3, -0.25) is 9.48 Å². The number of carbonyl (C=O) groups is 2. The maximum Gasteiger partial charge on any atom is 0.404 e. The molecule has 4 N–H and O–H groups in total. The Hall–Kier alpha value is -2.88. The molecule has 11 heteroatoms. The smallest absolute Gasteiger partial charge is 0.404 e. The largest absolute Gasteiger partial charge is 0.465 e. The molecule has 0 radical (unpaired) electrons. The number of halogens is 1. The summed E-state index contributed by atoms with van der Waals surface area (Å²) in [5, 5.41) is 22.5. The van der Waals surface area contributed by atoms with Crippen molar-refractivity contribution in [2.75, 3.05) is 11.9 Å². The molecule has 2 fully saturated rings. The van der Waals surface area contributed by atoms with Crippen molar-refractivity contribution < 1.29 is 14.7 Å². The van der Waals surface area contributed by atoms with Crippen molar-refractivity contribution in [3.8, 4) is 11.3 Å². The Balaban J connectivity index is 1.20. The molecule has 2 saturated carbocycles. The fraction of sp³-hybridized carbons (Fsp3) is 0.654. The average molecular weight is 532 g/mol. The lowest BCUT2D eigenvalue weighted by atomic mass is 9.91. The Kier molecular flexibility index (Phi) is 9.60. The Labute approximate surface area is 223 Å². The van der Waals surface area contributed by atoms with Crippen LogP contribution in [0.4, 0.5) is 10.7 Å². The maximum absolute atomic E-state index is 12.3. The molecule has 37 heavy (non-hydrogen) atoms. The molecule has 0 bridgehead atoms. The van der Waals surface area contributed by atoms with Crippen molar-refractivity contribution in [3.05, 3.63) is 23.1 Å². The van der Waals surface area contributed by atoms with E-state index in [-0.39, 0.29) is 18.0 Å². The van der Waals surface area contributed by atoms with Gasteiger partial charge in [0.25, 0.3) is 0 Å². The van der Waals surface area contributed by atoms with Crippen LogP contribution in [-0.4, -0.2) is 55.5 Å². The molecule has 0 aliphatic heterocycles. The highest BCUT2D eigenvalue weighted by molar-refractivity contribution is 6.32. The van der Waals surface area contributed by atoms with Gasteiger partial charge in [-0.25, -0.2) is 14.8 Å². The summed E-state index contributed by atoms with van der Waals surface area (Å²) >= 11 is 6.50. The van der Waals surface area contributed by atoms with E-state index in [4.69, 9.17) is 21.7 Å². The summed E-state index contributed by atoms with van der Waals surface area (Å²) in [7, 11) is 1.97. The van der Waals surface area contributed by atoms with Gasteiger partial charge in [-0.15, -0.1) is 0 Å². The minimum absolute atomic E-state index is 0.101. The summed E-state index contributed by atoms with van der Waals surface area (Å²) in [6.07, 6.45) is 13.7. The number of carbonyl (C=O) groups excluding carboxylic acids is 1. The van der Waals surface area contributed by atoms with Gasteiger partial charge in [0, 0.05) is 43.4 Å². The molecule has 10 nitrogen and oxygen atoms in total. The Bertz CT molecular complexity index is 1060. The van der Waals surface area contributed by atoms with Gasteiger partial charge < -0.3 is 21.1 Å². The lowest BCUT2D eigenvalue weighted by molar-refractivity contribution is -0.122. The van der Waals surface area contributed by atoms with Crippen LogP contribution in [0.2, 0.25) is 5.02 Å². The number of carboxylic acid groups (broad SMARTS) is 1. The number of nitrogens with zero attached hydrogens (tertiary/aromatic N) is 4. The second kappa shape index (κ2) is 13.1. The van der Waals surface area contributed by atoms with E-state index in [9.17, 15) is 9.59 Å². The molecule has 2 heterocycles. The number of nitrogens with one attached hydrogen (secondary N) is 3. The van der Waals surface area contributed by atoms with E-state index in [2.05, 4.69) is 26.0 Å². The molecule has 0 atom stereocenters. The molecule has 2 aromatic rings. The Morgan fingerprint density at radius 1 is 1.05 bits per heavy atom. The molecule has 4 rings (SSSR count). The van der Waals surface area contributed by atoms with Gasteiger partial charge in [0.2, 0.25) is 11.9 Å². The maximum atomic E-state index is 12.3. The zero-order chi connectivity index (χ0) is 26.2. The van der Waals surface area contributed by atoms with Crippen molar-refractivity contribution in [2.24, 2.45) is 13.0 Å². The number of unbranched alkanes of at least 4 members (excludes halogenated alkanes) is 3. The normalized spacial score (nSPS) is 19.4. The highest BCUT2D eigenvalue weighted by Gasteiger charge is 2.27. The van der Waals surface area contributed by atoms with Crippen LogP contribution in [0.25, 0.3) is 11.3 Å². The Morgan fingerprint density at radius 2 is 1.78 bits per heavy atom. The van der Waals surface area contributed by atoms with Crippen molar-refractivity contribution in [3.63, 3.8) is 0 Å². The van der Waals surface area contributed by atoms with Crippen LogP contribution < -0.4 is 16.0 Å². The number of hydrogen-bond donors (Lipinski definition) is 4. The van der Waals surface area contributed by atoms with E-state index < -0.39 is 6.09 Å². The molecular weight excluding hydrogens is 494 g/mol. The van der Waals surface area contributed by atoms with E-state index >= 15 is 0 Å². The van der Waals surface area contributed by atoms with Gasteiger partial charge in [0.05, 0.1) is 23.1 Å². The monoisotopic (exact) mass is 531 g/mol. The summed E-state index contributed by atoms with van der Waals surface area (Å²) in [5.74, 6) is 1.41. The van der Waals surface area contributed by atoms with Crippen LogP contribution in [0.15, 0.2) is 12.4 Å². The first-order valence-corrected chi connectivity index (χ1v) is 13.8. The van der Waals surface area contributed by atoms with Gasteiger partial charge in [-0.2, -0.15) is 5.10 Å². The standard InChI is InChI=1S/C26H38ClN7O3/c1-34-22(14-17-7-8-17)20(15-30-34)24-21(27)16-29-25(33-24)32-19-11-9-18(10-12-19)31-23(35)6-4-2-3-5-13-28-26(36)37/h15-19,28H,2-14H2,1H3,(H,31,35)(H,36,37)(H,29,32,33). The summed E-state index contributed by atoms with van der Waals surface area (Å²) in [6, 6.07) is 0.453. The molecule has 0 saturated heterocycles. The molecule has 2 aliphatic carbocycles. The number of aryl methyl sites for hydroxylation is 1. The molecule has 202 valence electrons. The zero-order valence-corrected chi connectivity index (χ0v) is 22.3. The number of aromatic nitrogens is 4. The summed E-state index contributed by atoms with van der Waals surface area (Å²) in [5.41, 5.74) is 2.87. The lowest BCUT2D eigenvalue weighted by Gasteiger charge is -2.29. The van der Waals surface area contributed by atoms with Gasteiger partial charge in [-0.05, 0) is 63.7 Å². The third-order valence-electron chi connectivity index (χ3n) is 7.27. The van der Waals surface area contributed by atoms with Crippen LogP contribution in [-0.2, 0) is 18.3 Å². The molecule has 2 aliphatic rings. The van der Waals surface area contributed by atoms with Crippen molar-refractivity contribution >= 4 is 29.5 Å². The SMILES string of the molecule is Cn1ncc(-c2nc(NC3CCC(NC(=O)CCCCCCNC(=O)O)CC3)ncc2Cl)c1CC1CC1. The predicted octanol–water partition coefficient (Wildman–Crippen LogP) is 4.54. The second-order valence-corrected chi connectivity index (χ2v) is 10.7. The van der Waals surface area contributed by atoms with Crippen molar-refractivity contribution in [1.29, 1.82) is 0 Å². The number of rotatable bonds is 13. The highest BCUT2D eigenvalue weighted by atomic mass is 35.5. The van der Waals surface area contributed by atoms with E-state index in [1.54, 1.807) is 6.20 Å². The average Bonchev–Trinajstić information content (AvgIpc) is 3.62. The van der Waals surface area contributed by atoms with Crippen LogP contribution in [0.3, 0.4) is 0 Å². The van der Waals surface area contributed by atoms with E-state index in [0.29, 0.717) is 23.9 Å². The van der Waals surface area contributed by atoms with Crippen molar-refractivity contribution in [1.82, 2.24) is 30.4 Å². The molecule has 2 amide bonds. The van der Waals surface area contributed by atoms with Crippen molar-refractivity contribution in [2.45, 2.75) is 89.1 Å². The summed E-state index contributed by atoms with van der Waals surface area (Å²) < 4.78 is 1.93. The first-order valence-electron chi connectivity index (χ1n) is 13.5. The van der Waals surface area contributed by atoms with Crippen LogP contribution >= 0.6 is 11.6 Å². The van der Waals surface area contributed by atoms with Crippen LogP contribution in [0, 0.1) is 5.92 Å². The molecule has 2 aromatic heterocycles. The van der Waals surface area contributed by atoms with Gasteiger partial charge >= 0.3 is 6.09 Å². The first-order chi connectivity index (χ1) is 17.9. The third kappa shape index (κ3) is 8.31. The van der Waals surface area contributed by atoms with Gasteiger partial charge in [-0.1, -0.05) is 24.4 Å². The number of anilines is 1. The summed E-state index contributed by atoms with van der Waals surface area (Å²) in [4.78, 5) is 31.9. The summed E-state index contributed by atoms with van der Waals surface area (Å²) in [6.45, 7) is 0.464. The molecule has 0 unspecified atom stereocenters. The minimum Gasteiger partial charge on any atom is -0.465 e. The fourth-order valence-electron chi connectivity index (χ4n) is 4.95. The van der Waals surface area contributed by atoms with Crippen LogP contribution in [0.1, 0.15) is 76.3 Å². The van der Waals surface area contributed by atoms with E-state index in [1.165, 1.54) is 18.5 Å². The zero-order valence-electron chi connectivity index (χ0n) is 21.5. The van der Waals surface area contributed by atoms with Gasteiger partial charge in [0.15, 0.2) is 0 Å². The number of hydrogen-bond acceptors (Lipinski definition) is 6. The van der Waals surface area contributed by atoms with Crippen LogP contribution in [0.5, 0.6) is 0 Å². The number of amides is 2. The molecule has 0 spiro atoms. The fourth-order valence-corrected chi connectivity index (χ4v) is 5.14.